The normalized spacial score (nSPS) is 12.4. The Morgan fingerprint density at radius 1 is 0.548 bits per heavy atom. The predicted molar refractivity (Wildman–Crippen MR) is 118 cm³/mol. The molecule has 3 aromatic carbocycles. The molecule has 1 aromatic heterocycles. The van der Waals surface area contributed by atoms with Crippen molar-refractivity contribution < 1.29 is 16.8 Å². The van der Waals surface area contributed by atoms with Gasteiger partial charge in [-0.15, -0.1) is 0 Å². The number of fused-ring (bicyclic) bond motifs is 1. The zero-order chi connectivity index (χ0) is 22.6. The number of hydrogen-bond acceptors (Lipinski definition) is 5. The summed E-state index contributed by atoms with van der Waals surface area (Å²) in [6.45, 7) is 5.36. The van der Waals surface area contributed by atoms with Crippen molar-refractivity contribution in [2.45, 2.75) is 30.6 Å². The Labute approximate surface area is 180 Å². The van der Waals surface area contributed by atoms with Crippen molar-refractivity contribution in [1.82, 2.24) is 7.94 Å². The molecule has 0 saturated heterocycles. The molecule has 0 fully saturated rings. The molecule has 9 heteroatoms. The lowest BCUT2D eigenvalue weighted by molar-refractivity contribution is 0.582. The van der Waals surface area contributed by atoms with E-state index in [4.69, 9.17) is 0 Å². The minimum absolute atomic E-state index is 0.00117. The predicted octanol–water partition coefficient (Wildman–Crippen LogP) is 3.20. The van der Waals surface area contributed by atoms with Crippen LogP contribution in [-0.2, 0) is 20.0 Å². The van der Waals surface area contributed by atoms with Crippen LogP contribution in [0.4, 0.5) is 0 Å². The number of rotatable bonds is 4. The molecule has 0 bridgehead atoms. The minimum atomic E-state index is -4.34. The van der Waals surface area contributed by atoms with Gasteiger partial charge >= 0.3 is 5.69 Å². The lowest BCUT2D eigenvalue weighted by atomic mass is 10.2. The van der Waals surface area contributed by atoms with Gasteiger partial charge in [-0.3, -0.25) is 0 Å². The molecular weight excluding hydrogens is 436 g/mol. The van der Waals surface area contributed by atoms with E-state index >= 15 is 0 Å². The van der Waals surface area contributed by atoms with E-state index in [1.54, 1.807) is 37.3 Å². The van der Waals surface area contributed by atoms with Crippen LogP contribution in [0.5, 0.6) is 0 Å². The Balaban J connectivity index is 2.09. The number of imidazole rings is 1. The van der Waals surface area contributed by atoms with Gasteiger partial charge in [0.15, 0.2) is 0 Å². The molecule has 0 N–H and O–H groups in total. The first-order valence-electron chi connectivity index (χ1n) is 9.42. The smallest absolute Gasteiger partial charge is 0.245 e. The summed E-state index contributed by atoms with van der Waals surface area (Å²) in [7, 11) is -8.67. The van der Waals surface area contributed by atoms with Crippen LogP contribution in [0.2, 0.25) is 0 Å². The first-order chi connectivity index (χ1) is 14.5. The van der Waals surface area contributed by atoms with E-state index in [2.05, 4.69) is 0 Å². The molecule has 0 amide bonds. The van der Waals surface area contributed by atoms with Gasteiger partial charge in [-0.25, -0.2) is 21.6 Å². The van der Waals surface area contributed by atoms with Gasteiger partial charge in [0.25, 0.3) is 20.0 Å². The van der Waals surface area contributed by atoms with Crippen LogP contribution in [0, 0.1) is 20.8 Å². The van der Waals surface area contributed by atoms with E-state index < -0.39 is 25.7 Å². The number of benzene rings is 3. The van der Waals surface area contributed by atoms with Crippen molar-refractivity contribution in [1.29, 1.82) is 0 Å². The minimum Gasteiger partial charge on any atom is -0.245 e. The van der Waals surface area contributed by atoms with Gasteiger partial charge in [0, 0.05) is 0 Å². The Kier molecular flexibility index (Phi) is 4.90. The molecule has 160 valence electrons. The fraction of sp³-hybridized carbons (Fsp3) is 0.136. The van der Waals surface area contributed by atoms with Gasteiger partial charge in [0.2, 0.25) is 0 Å². The largest absolute Gasteiger partial charge is 0.357 e. The second-order valence-electron chi connectivity index (χ2n) is 7.44. The van der Waals surface area contributed by atoms with Crippen molar-refractivity contribution in [3.63, 3.8) is 0 Å². The van der Waals surface area contributed by atoms with Crippen LogP contribution >= 0.6 is 0 Å². The van der Waals surface area contributed by atoms with E-state index in [0.29, 0.717) is 13.5 Å². The summed E-state index contributed by atoms with van der Waals surface area (Å²) in [5, 5.41) is 0. The summed E-state index contributed by atoms with van der Waals surface area (Å²) in [5.74, 6) is 0. The molecule has 0 atom stereocenters. The second-order valence-corrected chi connectivity index (χ2v) is 11.0. The molecule has 0 aliphatic heterocycles. The van der Waals surface area contributed by atoms with E-state index in [0.717, 1.165) is 11.1 Å². The summed E-state index contributed by atoms with van der Waals surface area (Å²) < 4.78 is 54.5. The fourth-order valence-corrected chi connectivity index (χ4v) is 6.18. The standard InChI is InChI=1S/C22H20N2O5S2/c1-15-4-9-18(10-5-15)30(26,27)23-20-13-8-17(3)14-21(20)24(22(23)25)31(28,29)19-11-6-16(2)7-12-19/h4-14H,1-3H3. The van der Waals surface area contributed by atoms with E-state index in [9.17, 15) is 21.6 Å². The molecule has 0 spiro atoms. The van der Waals surface area contributed by atoms with Crippen molar-refractivity contribution in [2.24, 2.45) is 0 Å². The maximum absolute atomic E-state index is 13.4. The lowest BCUT2D eigenvalue weighted by Crippen LogP contribution is -2.33. The molecule has 0 aliphatic rings. The molecule has 31 heavy (non-hydrogen) atoms. The van der Waals surface area contributed by atoms with Crippen LogP contribution in [0.3, 0.4) is 0 Å². The van der Waals surface area contributed by atoms with Gasteiger partial charge < -0.3 is 0 Å². The maximum Gasteiger partial charge on any atom is 0.357 e. The summed E-state index contributed by atoms with van der Waals surface area (Å²) in [4.78, 5) is 13.1. The van der Waals surface area contributed by atoms with Crippen molar-refractivity contribution in [2.75, 3.05) is 0 Å². The van der Waals surface area contributed by atoms with Crippen molar-refractivity contribution in [3.8, 4) is 0 Å². The highest BCUT2D eigenvalue weighted by Crippen LogP contribution is 2.24. The average Bonchev–Trinajstić information content (AvgIpc) is 3.00. The first-order valence-corrected chi connectivity index (χ1v) is 12.3. The maximum atomic E-state index is 13.4. The first kappa shape index (κ1) is 21.1. The highest BCUT2D eigenvalue weighted by molar-refractivity contribution is 7.91. The average molecular weight is 457 g/mol. The van der Waals surface area contributed by atoms with Gasteiger partial charge in [-0.1, -0.05) is 41.5 Å². The SMILES string of the molecule is Cc1ccc(S(=O)(=O)n2c(=O)n(S(=O)(=O)c3ccc(C)cc3)c3cc(C)ccc32)cc1. The molecule has 0 saturated carbocycles. The Morgan fingerprint density at radius 3 is 1.39 bits per heavy atom. The third-order valence-corrected chi connectivity index (χ3v) is 8.44. The molecule has 0 unspecified atom stereocenters. The molecule has 7 nitrogen and oxygen atoms in total. The van der Waals surface area contributed by atoms with Crippen LogP contribution in [-0.4, -0.2) is 24.8 Å². The second kappa shape index (κ2) is 7.21. The van der Waals surface area contributed by atoms with Gasteiger partial charge in [0.05, 0.1) is 20.8 Å². The fourth-order valence-electron chi connectivity index (χ4n) is 3.35. The van der Waals surface area contributed by atoms with Crippen molar-refractivity contribution >= 4 is 31.1 Å². The summed E-state index contributed by atoms with van der Waals surface area (Å²) >= 11 is 0. The third-order valence-electron chi connectivity index (χ3n) is 5.03. The highest BCUT2D eigenvalue weighted by Gasteiger charge is 2.31. The quantitative estimate of drug-likeness (QED) is 0.470. The number of hydrogen-bond donors (Lipinski definition) is 0. The Bertz CT molecular complexity index is 1580. The zero-order valence-electron chi connectivity index (χ0n) is 17.1. The highest BCUT2D eigenvalue weighted by atomic mass is 32.2. The van der Waals surface area contributed by atoms with E-state index in [1.165, 1.54) is 36.4 Å². The molecular formula is C22H20N2O5S2. The summed E-state index contributed by atoms with van der Waals surface area (Å²) in [5.41, 5.74) is 1.22. The molecule has 4 rings (SSSR count). The summed E-state index contributed by atoms with van der Waals surface area (Å²) in [6.07, 6.45) is 0. The Hall–Kier alpha value is -3.17. The van der Waals surface area contributed by atoms with Gasteiger partial charge in [-0.05, 0) is 62.7 Å². The summed E-state index contributed by atoms with van der Waals surface area (Å²) in [6, 6.07) is 16.6. The third kappa shape index (κ3) is 3.39. The molecule has 0 aliphatic carbocycles. The van der Waals surface area contributed by atoms with Gasteiger partial charge in [0.1, 0.15) is 0 Å². The van der Waals surface area contributed by atoms with Crippen LogP contribution in [0.1, 0.15) is 16.7 Å². The van der Waals surface area contributed by atoms with Crippen molar-refractivity contribution in [3.05, 3.63) is 93.9 Å². The van der Waals surface area contributed by atoms with E-state index in [1.807, 2.05) is 13.8 Å². The van der Waals surface area contributed by atoms with Crippen LogP contribution in [0.25, 0.3) is 11.0 Å². The van der Waals surface area contributed by atoms with Crippen LogP contribution in [0.15, 0.2) is 81.3 Å². The lowest BCUT2D eigenvalue weighted by Gasteiger charge is -2.07. The molecule has 4 aromatic rings. The Morgan fingerprint density at radius 2 is 0.935 bits per heavy atom. The monoisotopic (exact) mass is 456 g/mol. The zero-order valence-corrected chi connectivity index (χ0v) is 18.7. The molecule has 0 radical (unpaired) electrons. The molecule has 1 heterocycles. The number of aromatic nitrogens is 2. The number of aryl methyl sites for hydroxylation is 3. The van der Waals surface area contributed by atoms with Gasteiger partial charge in [-0.2, -0.15) is 7.94 Å². The van der Waals surface area contributed by atoms with Crippen LogP contribution < -0.4 is 5.69 Å². The van der Waals surface area contributed by atoms with E-state index in [-0.39, 0.29) is 20.8 Å². The number of nitrogens with zero attached hydrogens (tertiary/aromatic N) is 2. The topological polar surface area (TPSA) is 95.2 Å².